The summed E-state index contributed by atoms with van der Waals surface area (Å²) in [6.07, 6.45) is 2.63. The summed E-state index contributed by atoms with van der Waals surface area (Å²) in [7, 11) is 2.06. The predicted molar refractivity (Wildman–Crippen MR) is 77.5 cm³/mol. The third-order valence-electron chi connectivity index (χ3n) is 4.65. The van der Waals surface area contributed by atoms with Crippen LogP contribution in [0.1, 0.15) is 31.4 Å². The molecule has 0 bridgehead atoms. The molecule has 2 heterocycles. The van der Waals surface area contributed by atoms with Gasteiger partial charge in [0, 0.05) is 5.56 Å². The minimum Gasteiger partial charge on any atom is -0.492 e. The third-order valence-corrected chi connectivity index (χ3v) is 4.65. The molecule has 1 aromatic carbocycles. The van der Waals surface area contributed by atoms with E-state index in [1.54, 1.807) is 0 Å². The summed E-state index contributed by atoms with van der Waals surface area (Å²) in [5.41, 5.74) is 1.31. The van der Waals surface area contributed by atoms with Crippen molar-refractivity contribution in [2.75, 3.05) is 26.7 Å². The number of nitrogens with one attached hydrogen (secondary N) is 1. The standard InChI is InChI=1S/C16H24N2O/c1-12-7-9-18(10-8-12)14-11-19-15-6-4-3-5-13(15)16(14)17-2/h3-6,12,14,16-17H,7-11H2,1-2H3. The number of hydrogen-bond donors (Lipinski definition) is 1. The monoisotopic (exact) mass is 260 g/mol. The highest BCUT2D eigenvalue weighted by Crippen LogP contribution is 2.35. The first-order valence-corrected chi connectivity index (χ1v) is 7.42. The number of hydrogen-bond acceptors (Lipinski definition) is 3. The van der Waals surface area contributed by atoms with Gasteiger partial charge < -0.3 is 10.1 Å². The van der Waals surface area contributed by atoms with E-state index in [2.05, 4.69) is 48.5 Å². The average Bonchev–Trinajstić information content (AvgIpc) is 2.47. The smallest absolute Gasteiger partial charge is 0.124 e. The van der Waals surface area contributed by atoms with E-state index in [-0.39, 0.29) is 0 Å². The summed E-state index contributed by atoms with van der Waals surface area (Å²) in [5.74, 6) is 1.92. The van der Waals surface area contributed by atoms with Gasteiger partial charge in [0.2, 0.25) is 0 Å². The second-order valence-electron chi connectivity index (χ2n) is 5.90. The highest BCUT2D eigenvalue weighted by atomic mass is 16.5. The van der Waals surface area contributed by atoms with Gasteiger partial charge in [-0.25, -0.2) is 0 Å². The lowest BCUT2D eigenvalue weighted by atomic mass is 9.91. The molecular weight excluding hydrogens is 236 g/mol. The minimum absolute atomic E-state index is 0.387. The minimum atomic E-state index is 0.387. The first-order chi connectivity index (χ1) is 9.29. The van der Waals surface area contributed by atoms with E-state index < -0.39 is 0 Å². The second-order valence-corrected chi connectivity index (χ2v) is 5.90. The van der Waals surface area contributed by atoms with Crippen LogP contribution in [0.3, 0.4) is 0 Å². The number of piperidine rings is 1. The van der Waals surface area contributed by atoms with Crippen LogP contribution in [0, 0.1) is 5.92 Å². The second kappa shape index (κ2) is 5.51. The van der Waals surface area contributed by atoms with Crippen molar-refractivity contribution < 1.29 is 4.74 Å². The molecule has 19 heavy (non-hydrogen) atoms. The highest BCUT2D eigenvalue weighted by molar-refractivity contribution is 5.38. The molecule has 1 saturated heterocycles. The van der Waals surface area contributed by atoms with Gasteiger partial charge in [-0.1, -0.05) is 25.1 Å². The molecule has 1 N–H and O–H groups in total. The van der Waals surface area contributed by atoms with Crippen LogP contribution >= 0.6 is 0 Å². The third kappa shape index (κ3) is 2.49. The Hall–Kier alpha value is -1.06. The first kappa shape index (κ1) is 12.9. The Labute approximate surface area is 115 Å². The largest absolute Gasteiger partial charge is 0.492 e. The van der Waals surface area contributed by atoms with Gasteiger partial charge in [0.15, 0.2) is 0 Å². The maximum Gasteiger partial charge on any atom is 0.124 e. The Morgan fingerprint density at radius 3 is 2.68 bits per heavy atom. The van der Waals surface area contributed by atoms with Crippen LogP contribution < -0.4 is 10.1 Å². The van der Waals surface area contributed by atoms with Crippen LogP contribution in [0.25, 0.3) is 0 Å². The Morgan fingerprint density at radius 1 is 1.21 bits per heavy atom. The number of benzene rings is 1. The van der Waals surface area contributed by atoms with E-state index in [4.69, 9.17) is 4.74 Å². The maximum absolute atomic E-state index is 5.97. The molecule has 0 saturated carbocycles. The van der Waals surface area contributed by atoms with Gasteiger partial charge in [0.1, 0.15) is 12.4 Å². The molecular formula is C16H24N2O. The van der Waals surface area contributed by atoms with Crippen molar-refractivity contribution in [3.05, 3.63) is 29.8 Å². The quantitative estimate of drug-likeness (QED) is 0.884. The summed E-state index contributed by atoms with van der Waals surface area (Å²) < 4.78 is 5.97. The molecule has 0 spiro atoms. The summed E-state index contributed by atoms with van der Waals surface area (Å²) in [6.45, 7) is 5.57. The Bertz CT molecular complexity index is 427. The van der Waals surface area contributed by atoms with Gasteiger partial charge >= 0.3 is 0 Å². The van der Waals surface area contributed by atoms with Crippen molar-refractivity contribution in [2.24, 2.45) is 5.92 Å². The molecule has 2 atom stereocenters. The highest BCUT2D eigenvalue weighted by Gasteiger charge is 2.34. The van der Waals surface area contributed by atoms with E-state index in [0.29, 0.717) is 12.1 Å². The number of nitrogens with zero attached hydrogens (tertiary/aromatic N) is 1. The lowest BCUT2D eigenvalue weighted by molar-refractivity contribution is 0.0617. The topological polar surface area (TPSA) is 24.5 Å². The van der Waals surface area contributed by atoms with Crippen LogP contribution in [-0.4, -0.2) is 37.7 Å². The molecule has 0 radical (unpaired) electrons. The van der Waals surface area contributed by atoms with E-state index in [9.17, 15) is 0 Å². The van der Waals surface area contributed by atoms with Crippen LogP contribution in [0.4, 0.5) is 0 Å². The van der Waals surface area contributed by atoms with Gasteiger partial charge in [-0.3, -0.25) is 4.90 Å². The molecule has 3 rings (SSSR count). The van der Waals surface area contributed by atoms with Crippen molar-refractivity contribution in [1.29, 1.82) is 0 Å². The Morgan fingerprint density at radius 2 is 1.95 bits per heavy atom. The molecule has 2 aliphatic rings. The molecule has 3 heteroatoms. The zero-order valence-electron chi connectivity index (χ0n) is 11.9. The normalized spacial score (nSPS) is 28.7. The van der Waals surface area contributed by atoms with Gasteiger partial charge in [-0.05, 0) is 45.0 Å². The molecule has 2 aliphatic heterocycles. The molecule has 3 nitrogen and oxygen atoms in total. The van der Waals surface area contributed by atoms with Crippen molar-refractivity contribution in [2.45, 2.75) is 31.8 Å². The number of ether oxygens (including phenoxy) is 1. The summed E-state index contributed by atoms with van der Waals surface area (Å²) in [5, 5.41) is 3.50. The van der Waals surface area contributed by atoms with Crippen LogP contribution in [0.2, 0.25) is 0 Å². The fraction of sp³-hybridized carbons (Fsp3) is 0.625. The summed E-state index contributed by atoms with van der Waals surface area (Å²) in [4.78, 5) is 2.61. The van der Waals surface area contributed by atoms with Crippen LogP contribution in [0.15, 0.2) is 24.3 Å². The van der Waals surface area contributed by atoms with Gasteiger partial charge in [-0.2, -0.15) is 0 Å². The molecule has 0 amide bonds. The van der Waals surface area contributed by atoms with Crippen LogP contribution in [-0.2, 0) is 0 Å². The zero-order valence-corrected chi connectivity index (χ0v) is 11.9. The molecule has 0 aliphatic carbocycles. The fourth-order valence-corrected chi connectivity index (χ4v) is 3.37. The number of rotatable bonds is 2. The molecule has 0 aromatic heterocycles. The lowest BCUT2D eigenvalue weighted by Gasteiger charge is -2.43. The maximum atomic E-state index is 5.97. The van der Waals surface area contributed by atoms with Crippen LogP contribution in [0.5, 0.6) is 5.75 Å². The lowest BCUT2D eigenvalue weighted by Crippen LogP contribution is -2.51. The van der Waals surface area contributed by atoms with E-state index in [1.165, 1.54) is 31.5 Å². The number of para-hydroxylation sites is 1. The average molecular weight is 260 g/mol. The molecule has 1 aromatic rings. The zero-order chi connectivity index (χ0) is 13.2. The molecule has 1 fully saturated rings. The number of likely N-dealkylation sites (tertiary alicyclic amines) is 1. The van der Waals surface area contributed by atoms with Gasteiger partial charge in [0.25, 0.3) is 0 Å². The van der Waals surface area contributed by atoms with E-state index >= 15 is 0 Å². The SMILES string of the molecule is CNC1c2ccccc2OCC1N1CCC(C)CC1. The number of fused-ring (bicyclic) bond motifs is 1. The Balaban J connectivity index is 1.80. The van der Waals surface area contributed by atoms with Crippen molar-refractivity contribution in [3.63, 3.8) is 0 Å². The number of likely N-dealkylation sites (N-methyl/N-ethyl adjacent to an activating group) is 1. The predicted octanol–water partition coefficient (Wildman–Crippen LogP) is 2.44. The Kier molecular flexibility index (Phi) is 3.76. The summed E-state index contributed by atoms with van der Waals surface area (Å²) in [6, 6.07) is 9.27. The van der Waals surface area contributed by atoms with Crippen molar-refractivity contribution in [3.8, 4) is 5.75 Å². The fourth-order valence-electron chi connectivity index (χ4n) is 3.37. The summed E-state index contributed by atoms with van der Waals surface area (Å²) >= 11 is 0. The van der Waals surface area contributed by atoms with Crippen molar-refractivity contribution >= 4 is 0 Å². The first-order valence-electron chi connectivity index (χ1n) is 7.42. The van der Waals surface area contributed by atoms with Gasteiger partial charge in [0.05, 0.1) is 12.1 Å². The van der Waals surface area contributed by atoms with Gasteiger partial charge in [-0.15, -0.1) is 0 Å². The van der Waals surface area contributed by atoms with E-state index in [1.807, 2.05) is 0 Å². The molecule has 104 valence electrons. The molecule has 2 unspecified atom stereocenters. The van der Waals surface area contributed by atoms with E-state index in [0.717, 1.165) is 18.3 Å². The van der Waals surface area contributed by atoms with Crippen molar-refractivity contribution in [1.82, 2.24) is 10.2 Å².